The van der Waals surface area contributed by atoms with Crippen LogP contribution in [0.1, 0.15) is 25.3 Å². The molecule has 1 aromatic rings. The van der Waals surface area contributed by atoms with Crippen LogP contribution in [0.25, 0.3) is 0 Å². The van der Waals surface area contributed by atoms with Crippen molar-refractivity contribution in [1.82, 2.24) is 4.90 Å². The average molecular weight is 237 g/mol. The first kappa shape index (κ1) is 11.9. The monoisotopic (exact) mass is 237 g/mol. The predicted molar refractivity (Wildman–Crippen MR) is 62.1 cm³/mol. The van der Waals surface area contributed by atoms with E-state index in [1.165, 1.54) is 4.90 Å². The molecular formula is C13H16FNO2. The SMILES string of the molecule is CC1CCC(F)N1C(=O)OCc1ccccc1. The van der Waals surface area contributed by atoms with Gasteiger partial charge in [0.1, 0.15) is 6.61 Å². The highest BCUT2D eigenvalue weighted by molar-refractivity contribution is 5.68. The number of benzene rings is 1. The van der Waals surface area contributed by atoms with E-state index < -0.39 is 12.4 Å². The molecule has 1 saturated heterocycles. The van der Waals surface area contributed by atoms with E-state index >= 15 is 0 Å². The van der Waals surface area contributed by atoms with Gasteiger partial charge in [0.15, 0.2) is 6.30 Å². The molecule has 4 heteroatoms. The predicted octanol–water partition coefficient (Wildman–Crippen LogP) is 3.10. The Morgan fingerprint density at radius 1 is 1.41 bits per heavy atom. The van der Waals surface area contributed by atoms with Crippen molar-refractivity contribution >= 4 is 6.09 Å². The molecule has 0 aromatic heterocycles. The van der Waals surface area contributed by atoms with Crippen molar-refractivity contribution in [3.63, 3.8) is 0 Å². The van der Waals surface area contributed by atoms with Crippen LogP contribution < -0.4 is 0 Å². The molecule has 2 rings (SSSR count). The summed E-state index contributed by atoms with van der Waals surface area (Å²) < 4.78 is 18.5. The second-order valence-electron chi connectivity index (χ2n) is 4.31. The summed E-state index contributed by atoms with van der Waals surface area (Å²) in [5.41, 5.74) is 0.906. The molecule has 17 heavy (non-hydrogen) atoms. The fourth-order valence-electron chi connectivity index (χ4n) is 2.02. The molecule has 0 spiro atoms. The van der Waals surface area contributed by atoms with E-state index in [2.05, 4.69) is 0 Å². The first-order valence-corrected chi connectivity index (χ1v) is 5.81. The van der Waals surface area contributed by atoms with Crippen LogP contribution in [0.3, 0.4) is 0 Å². The van der Waals surface area contributed by atoms with Crippen molar-refractivity contribution < 1.29 is 13.9 Å². The van der Waals surface area contributed by atoms with Gasteiger partial charge in [0.05, 0.1) is 0 Å². The Labute approximate surface area is 100 Å². The van der Waals surface area contributed by atoms with E-state index in [9.17, 15) is 9.18 Å². The lowest BCUT2D eigenvalue weighted by molar-refractivity contribution is 0.0507. The number of nitrogens with zero attached hydrogens (tertiary/aromatic N) is 1. The summed E-state index contributed by atoms with van der Waals surface area (Å²) in [5.74, 6) is 0. The van der Waals surface area contributed by atoms with Crippen LogP contribution in [-0.4, -0.2) is 23.3 Å². The van der Waals surface area contributed by atoms with Gasteiger partial charge >= 0.3 is 6.09 Å². The van der Waals surface area contributed by atoms with Crippen LogP contribution in [0.15, 0.2) is 30.3 Å². The minimum atomic E-state index is -1.20. The van der Waals surface area contributed by atoms with Gasteiger partial charge in [-0.3, -0.25) is 4.90 Å². The van der Waals surface area contributed by atoms with Crippen LogP contribution in [0, 0.1) is 0 Å². The van der Waals surface area contributed by atoms with E-state index in [-0.39, 0.29) is 12.6 Å². The molecule has 2 unspecified atom stereocenters. The zero-order chi connectivity index (χ0) is 12.3. The highest BCUT2D eigenvalue weighted by Gasteiger charge is 2.35. The molecule has 0 aliphatic carbocycles. The Kier molecular flexibility index (Phi) is 3.61. The van der Waals surface area contributed by atoms with Crippen molar-refractivity contribution in [3.05, 3.63) is 35.9 Å². The molecule has 2 atom stereocenters. The second-order valence-corrected chi connectivity index (χ2v) is 4.31. The van der Waals surface area contributed by atoms with Gasteiger partial charge in [0.2, 0.25) is 0 Å². The van der Waals surface area contributed by atoms with Crippen LogP contribution in [0.2, 0.25) is 0 Å². The third-order valence-corrected chi connectivity index (χ3v) is 3.02. The third kappa shape index (κ3) is 2.75. The average Bonchev–Trinajstić information content (AvgIpc) is 2.67. The molecule has 1 amide bonds. The molecule has 1 fully saturated rings. The lowest BCUT2D eigenvalue weighted by Gasteiger charge is -2.22. The standard InChI is InChI=1S/C13H16FNO2/c1-10-7-8-12(14)15(10)13(16)17-9-11-5-3-2-4-6-11/h2-6,10,12H,7-9H2,1H3. The zero-order valence-electron chi connectivity index (χ0n) is 9.80. The fourth-order valence-corrected chi connectivity index (χ4v) is 2.02. The van der Waals surface area contributed by atoms with Gasteiger partial charge in [0.25, 0.3) is 0 Å². The number of ether oxygens (including phenoxy) is 1. The molecule has 0 saturated carbocycles. The Morgan fingerprint density at radius 2 is 2.12 bits per heavy atom. The third-order valence-electron chi connectivity index (χ3n) is 3.02. The number of amides is 1. The van der Waals surface area contributed by atoms with Gasteiger partial charge in [-0.15, -0.1) is 0 Å². The van der Waals surface area contributed by atoms with Crippen LogP contribution >= 0.6 is 0 Å². The molecule has 1 aliphatic rings. The van der Waals surface area contributed by atoms with Gasteiger partial charge in [-0.25, -0.2) is 9.18 Å². The summed E-state index contributed by atoms with van der Waals surface area (Å²) in [7, 11) is 0. The first-order valence-electron chi connectivity index (χ1n) is 5.81. The first-order chi connectivity index (χ1) is 8.18. The number of halogens is 1. The van der Waals surface area contributed by atoms with Gasteiger partial charge in [-0.05, 0) is 25.3 Å². The quantitative estimate of drug-likeness (QED) is 0.740. The smallest absolute Gasteiger partial charge is 0.412 e. The van der Waals surface area contributed by atoms with Crippen molar-refractivity contribution in [2.75, 3.05) is 0 Å². The van der Waals surface area contributed by atoms with E-state index in [1.807, 2.05) is 37.3 Å². The highest BCUT2D eigenvalue weighted by atomic mass is 19.1. The Bertz CT molecular complexity index is 372. The number of hydrogen-bond donors (Lipinski definition) is 0. The summed E-state index contributed by atoms with van der Waals surface area (Å²) in [6.07, 6.45) is -0.664. The Balaban J connectivity index is 1.89. The minimum absolute atomic E-state index is 0.0757. The second kappa shape index (κ2) is 5.17. The van der Waals surface area contributed by atoms with Gasteiger partial charge in [0, 0.05) is 6.04 Å². The van der Waals surface area contributed by atoms with E-state index in [0.29, 0.717) is 12.8 Å². The van der Waals surface area contributed by atoms with Crippen molar-refractivity contribution in [2.24, 2.45) is 0 Å². The summed E-state index contributed by atoms with van der Waals surface area (Å²) in [6.45, 7) is 2.03. The van der Waals surface area contributed by atoms with E-state index in [4.69, 9.17) is 4.74 Å². The maximum Gasteiger partial charge on any atom is 0.412 e. The summed E-state index contributed by atoms with van der Waals surface area (Å²) in [6, 6.07) is 9.31. The highest BCUT2D eigenvalue weighted by Crippen LogP contribution is 2.25. The summed E-state index contributed by atoms with van der Waals surface area (Å²) >= 11 is 0. The minimum Gasteiger partial charge on any atom is -0.444 e. The lowest BCUT2D eigenvalue weighted by atomic mass is 10.2. The number of likely N-dealkylation sites (tertiary alicyclic amines) is 1. The zero-order valence-corrected chi connectivity index (χ0v) is 9.80. The van der Waals surface area contributed by atoms with Crippen LogP contribution in [0.5, 0.6) is 0 Å². The van der Waals surface area contributed by atoms with Gasteiger partial charge < -0.3 is 4.74 Å². The van der Waals surface area contributed by atoms with Gasteiger partial charge in [-0.2, -0.15) is 0 Å². The molecular weight excluding hydrogens is 221 g/mol. The maximum atomic E-state index is 13.4. The summed E-state index contributed by atoms with van der Waals surface area (Å²) in [4.78, 5) is 12.9. The number of carbonyl (C=O) groups is 1. The maximum absolute atomic E-state index is 13.4. The van der Waals surface area contributed by atoms with E-state index in [0.717, 1.165) is 5.56 Å². The van der Waals surface area contributed by atoms with Crippen molar-refractivity contribution in [2.45, 2.75) is 38.7 Å². The molecule has 92 valence electrons. The molecule has 0 bridgehead atoms. The number of alkyl halides is 1. The topological polar surface area (TPSA) is 29.5 Å². The molecule has 1 heterocycles. The molecule has 0 radical (unpaired) electrons. The van der Waals surface area contributed by atoms with Gasteiger partial charge in [-0.1, -0.05) is 30.3 Å². The van der Waals surface area contributed by atoms with Crippen molar-refractivity contribution in [1.29, 1.82) is 0 Å². The molecule has 1 aromatic carbocycles. The fraction of sp³-hybridized carbons (Fsp3) is 0.462. The van der Waals surface area contributed by atoms with Crippen molar-refractivity contribution in [3.8, 4) is 0 Å². The number of carbonyl (C=O) groups excluding carboxylic acids is 1. The molecule has 3 nitrogen and oxygen atoms in total. The molecule has 1 aliphatic heterocycles. The number of rotatable bonds is 2. The van der Waals surface area contributed by atoms with Crippen LogP contribution in [-0.2, 0) is 11.3 Å². The van der Waals surface area contributed by atoms with E-state index in [1.54, 1.807) is 0 Å². The normalized spacial score (nSPS) is 23.8. The lowest BCUT2D eigenvalue weighted by Crippen LogP contribution is -2.38. The largest absolute Gasteiger partial charge is 0.444 e. The summed E-state index contributed by atoms with van der Waals surface area (Å²) in [5, 5.41) is 0. The van der Waals surface area contributed by atoms with Crippen LogP contribution in [0.4, 0.5) is 9.18 Å². The Hall–Kier alpha value is -1.58. The molecule has 0 N–H and O–H groups in total. The number of hydrogen-bond acceptors (Lipinski definition) is 2. The Morgan fingerprint density at radius 3 is 2.71 bits per heavy atom.